The van der Waals surface area contributed by atoms with E-state index in [0.717, 1.165) is 18.7 Å². The minimum Gasteiger partial charge on any atom is -0.378 e. The van der Waals surface area contributed by atoms with Gasteiger partial charge in [-0.25, -0.2) is 14.4 Å². The van der Waals surface area contributed by atoms with Crippen LogP contribution in [-0.4, -0.2) is 42.2 Å². The normalized spacial score (nSPS) is 15.7. The second kappa shape index (κ2) is 7.57. The van der Waals surface area contributed by atoms with E-state index in [9.17, 15) is 9.18 Å². The van der Waals surface area contributed by atoms with Gasteiger partial charge in [-0.15, -0.1) is 0 Å². The Kier molecular flexibility index (Phi) is 5.23. The summed E-state index contributed by atoms with van der Waals surface area (Å²) in [4.78, 5) is 23.3. The Labute approximate surface area is 146 Å². The van der Waals surface area contributed by atoms with Gasteiger partial charge in [0, 0.05) is 19.3 Å². The van der Waals surface area contributed by atoms with Crippen molar-refractivity contribution in [2.75, 3.05) is 31.2 Å². The lowest BCUT2D eigenvalue weighted by Crippen LogP contribution is -2.37. The van der Waals surface area contributed by atoms with Crippen molar-refractivity contribution in [2.24, 2.45) is 0 Å². The van der Waals surface area contributed by atoms with Crippen LogP contribution in [0.5, 0.6) is 0 Å². The van der Waals surface area contributed by atoms with Gasteiger partial charge >= 0.3 is 0 Å². The van der Waals surface area contributed by atoms with E-state index in [-0.39, 0.29) is 17.8 Å². The third kappa shape index (κ3) is 4.11. The van der Waals surface area contributed by atoms with Crippen molar-refractivity contribution >= 4 is 11.9 Å². The monoisotopic (exact) mass is 344 g/mol. The zero-order valence-corrected chi connectivity index (χ0v) is 14.3. The highest BCUT2D eigenvalue weighted by Crippen LogP contribution is 2.16. The molecule has 132 valence electrons. The maximum Gasteiger partial charge on any atom is 0.255 e. The van der Waals surface area contributed by atoms with E-state index in [1.165, 1.54) is 12.1 Å². The van der Waals surface area contributed by atoms with Crippen LogP contribution in [-0.2, 0) is 4.74 Å². The number of ether oxygens (including phenoxy) is 1. The summed E-state index contributed by atoms with van der Waals surface area (Å²) in [6, 6.07) is 5.83. The zero-order chi connectivity index (χ0) is 17.8. The SMILES string of the molecule is Cc1nc(N2CCOCC2)ncc1C(=O)NC(C)c1ccc(F)cc1. The summed E-state index contributed by atoms with van der Waals surface area (Å²) in [5, 5.41) is 2.90. The van der Waals surface area contributed by atoms with Gasteiger partial charge in [0.2, 0.25) is 5.95 Å². The van der Waals surface area contributed by atoms with Crippen LogP contribution in [0, 0.1) is 12.7 Å². The molecular weight excluding hydrogens is 323 g/mol. The molecule has 0 bridgehead atoms. The molecule has 2 heterocycles. The molecule has 1 fully saturated rings. The van der Waals surface area contributed by atoms with Crippen LogP contribution < -0.4 is 10.2 Å². The van der Waals surface area contributed by atoms with E-state index < -0.39 is 0 Å². The molecule has 1 amide bonds. The van der Waals surface area contributed by atoms with Gasteiger partial charge in [-0.1, -0.05) is 12.1 Å². The van der Waals surface area contributed by atoms with E-state index in [1.807, 2.05) is 11.8 Å². The number of carbonyl (C=O) groups excluding carboxylic acids is 1. The maximum absolute atomic E-state index is 13.0. The second-order valence-electron chi connectivity index (χ2n) is 6.02. The van der Waals surface area contributed by atoms with E-state index >= 15 is 0 Å². The Morgan fingerprint density at radius 2 is 1.96 bits per heavy atom. The number of nitrogens with one attached hydrogen (secondary N) is 1. The molecule has 2 aromatic rings. The van der Waals surface area contributed by atoms with E-state index in [4.69, 9.17) is 4.74 Å². The molecule has 1 aromatic carbocycles. The number of hydrogen-bond donors (Lipinski definition) is 1. The predicted octanol–water partition coefficient (Wildman–Crippen LogP) is 2.25. The first-order valence-corrected chi connectivity index (χ1v) is 8.27. The third-order valence-corrected chi connectivity index (χ3v) is 4.22. The lowest BCUT2D eigenvalue weighted by molar-refractivity contribution is 0.0938. The van der Waals surface area contributed by atoms with Crippen molar-refractivity contribution in [1.82, 2.24) is 15.3 Å². The molecule has 7 heteroatoms. The summed E-state index contributed by atoms with van der Waals surface area (Å²) in [6.45, 7) is 6.44. The first-order valence-electron chi connectivity index (χ1n) is 8.27. The quantitative estimate of drug-likeness (QED) is 0.921. The highest BCUT2D eigenvalue weighted by molar-refractivity contribution is 5.95. The maximum atomic E-state index is 13.0. The summed E-state index contributed by atoms with van der Waals surface area (Å²) in [6.07, 6.45) is 1.56. The third-order valence-electron chi connectivity index (χ3n) is 4.22. The number of aryl methyl sites for hydroxylation is 1. The molecule has 1 atom stereocenters. The Hall–Kier alpha value is -2.54. The van der Waals surface area contributed by atoms with Gasteiger partial charge in [-0.2, -0.15) is 0 Å². The van der Waals surface area contributed by atoms with E-state index in [2.05, 4.69) is 15.3 Å². The van der Waals surface area contributed by atoms with Crippen LogP contribution in [0.1, 0.15) is 34.6 Å². The minimum absolute atomic E-state index is 0.244. The number of carbonyl (C=O) groups is 1. The molecule has 6 nitrogen and oxygen atoms in total. The Morgan fingerprint density at radius 3 is 2.60 bits per heavy atom. The first kappa shape index (κ1) is 17.3. The highest BCUT2D eigenvalue weighted by atomic mass is 19.1. The number of nitrogens with zero attached hydrogens (tertiary/aromatic N) is 3. The average molecular weight is 344 g/mol. The first-order chi connectivity index (χ1) is 12.0. The molecule has 1 aliphatic rings. The van der Waals surface area contributed by atoms with Crippen LogP contribution in [0.15, 0.2) is 30.5 Å². The van der Waals surface area contributed by atoms with Gasteiger partial charge in [0.15, 0.2) is 0 Å². The van der Waals surface area contributed by atoms with Crippen molar-refractivity contribution in [3.05, 3.63) is 53.1 Å². The summed E-state index contributed by atoms with van der Waals surface area (Å²) in [5.41, 5.74) is 1.89. The number of aromatic nitrogens is 2. The van der Waals surface area contributed by atoms with Gasteiger partial charge in [-0.3, -0.25) is 4.79 Å². The van der Waals surface area contributed by atoms with Crippen LogP contribution in [0.2, 0.25) is 0 Å². The molecule has 1 aromatic heterocycles. The smallest absolute Gasteiger partial charge is 0.255 e. The van der Waals surface area contributed by atoms with Gasteiger partial charge < -0.3 is 15.0 Å². The molecule has 1 saturated heterocycles. The number of benzene rings is 1. The van der Waals surface area contributed by atoms with Gasteiger partial charge in [0.05, 0.1) is 30.5 Å². The minimum atomic E-state index is -0.301. The van der Waals surface area contributed by atoms with Gasteiger partial charge in [-0.05, 0) is 31.5 Å². The highest BCUT2D eigenvalue weighted by Gasteiger charge is 2.18. The summed E-state index contributed by atoms with van der Waals surface area (Å²) < 4.78 is 18.3. The number of anilines is 1. The standard InChI is InChI=1S/C18H21FN4O2/c1-12(14-3-5-15(19)6-4-14)21-17(24)16-11-20-18(22-13(16)2)23-7-9-25-10-8-23/h3-6,11-12H,7-10H2,1-2H3,(H,21,24). The lowest BCUT2D eigenvalue weighted by Gasteiger charge is -2.27. The van der Waals surface area contributed by atoms with Gasteiger partial charge in [0.1, 0.15) is 5.82 Å². The fourth-order valence-electron chi connectivity index (χ4n) is 2.70. The summed E-state index contributed by atoms with van der Waals surface area (Å²) >= 11 is 0. The topological polar surface area (TPSA) is 67.3 Å². The van der Waals surface area contributed by atoms with Crippen LogP contribution in [0.25, 0.3) is 0 Å². The van der Waals surface area contributed by atoms with E-state index in [0.29, 0.717) is 30.4 Å². The molecule has 1 N–H and O–H groups in total. The molecule has 1 aliphatic heterocycles. The molecule has 0 spiro atoms. The molecular formula is C18H21FN4O2. The molecule has 25 heavy (non-hydrogen) atoms. The number of morpholine rings is 1. The van der Waals surface area contributed by atoms with Crippen LogP contribution in [0.3, 0.4) is 0 Å². The predicted molar refractivity (Wildman–Crippen MR) is 92.1 cm³/mol. The van der Waals surface area contributed by atoms with Crippen molar-refractivity contribution in [1.29, 1.82) is 0 Å². The molecule has 3 rings (SSSR count). The van der Waals surface area contributed by atoms with Crippen molar-refractivity contribution in [3.8, 4) is 0 Å². The Bertz CT molecular complexity index is 745. The second-order valence-corrected chi connectivity index (χ2v) is 6.02. The lowest BCUT2D eigenvalue weighted by atomic mass is 10.1. The fraction of sp³-hybridized carbons (Fsp3) is 0.389. The summed E-state index contributed by atoms with van der Waals surface area (Å²) in [5.74, 6) is 0.0667. The number of halogens is 1. The average Bonchev–Trinajstić information content (AvgIpc) is 2.62. The van der Waals surface area contributed by atoms with Crippen molar-refractivity contribution in [2.45, 2.75) is 19.9 Å². The molecule has 0 saturated carbocycles. The number of hydrogen-bond acceptors (Lipinski definition) is 5. The van der Waals surface area contributed by atoms with Crippen molar-refractivity contribution < 1.29 is 13.9 Å². The largest absolute Gasteiger partial charge is 0.378 e. The van der Waals surface area contributed by atoms with Gasteiger partial charge in [0.25, 0.3) is 5.91 Å². The van der Waals surface area contributed by atoms with Crippen molar-refractivity contribution in [3.63, 3.8) is 0 Å². The van der Waals surface area contributed by atoms with Crippen LogP contribution >= 0.6 is 0 Å². The van der Waals surface area contributed by atoms with Crippen LogP contribution in [0.4, 0.5) is 10.3 Å². The Morgan fingerprint density at radius 1 is 1.28 bits per heavy atom. The molecule has 1 unspecified atom stereocenters. The number of amides is 1. The molecule has 0 radical (unpaired) electrons. The fourth-order valence-corrected chi connectivity index (χ4v) is 2.70. The van der Waals surface area contributed by atoms with E-state index in [1.54, 1.807) is 25.3 Å². The zero-order valence-electron chi connectivity index (χ0n) is 14.3. The number of rotatable bonds is 4. The molecule has 0 aliphatic carbocycles. The summed E-state index contributed by atoms with van der Waals surface area (Å²) in [7, 11) is 0. The Balaban J connectivity index is 1.70.